The van der Waals surface area contributed by atoms with E-state index in [4.69, 9.17) is 16.7 Å². The number of hydrogen-bond acceptors (Lipinski definition) is 4. The lowest BCUT2D eigenvalue weighted by Crippen LogP contribution is -2.55. The molecule has 0 bridgehead atoms. The highest BCUT2D eigenvalue weighted by molar-refractivity contribution is 6.30. The molecule has 0 aliphatic carbocycles. The molecule has 8 heteroatoms. The van der Waals surface area contributed by atoms with E-state index >= 15 is 0 Å². The van der Waals surface area contributed by atoms with Crippen molar-refractivity contribution in [2.45, 2.75) is 6.54 Å². The molecule has 1 heterocycles. The highest BCUT2D eigenvalue weighted by atomic mass is 35.5. The second-order valence-corrected chi connectivity index (χ2v) is 5.40. The van der Waals surface area contributed by atoms with Crippen molar-refractivity contribution in [1.82, 2.24) is 20.7 Å². The Morgan fingerprint density at radius 3 is 2.50 bits per heavy atom. The lowest BCUT2D eigenvalue weighted by atomic mass is 10.2. The molecule has 1 aliphatic rings. The quantitative estimate of drug-likeness (QED) is 0.696. The van der Waals surface area contributed by atoms with Crippen LogP contribution in [0.5, 0.6) is 0 Å². The van der Waals surface area contributed by atoms with Gasteiger partial charge >= 0.3 is 12.0 Å². The zero-order valence-corrected chi connectivity index (χ0v) is 12.8. The molecule has 1 saturated heterocycles. The van der Waals surface area contributed by atoms with Crippen LogP contribution in [0.2, 0.25) is 5.02 Å². The van der Waals surface area contributed by atoms with Crippen molar-refractivity contribution in [3.63, 3.8) is 0 Å². The Hall–Kier alpha value is -1.83. The van der Waals surface area contributed by atoms with Gasteiger partial charge in [0.05, 0.1) is 6.54 Å². The van der Waals surface area contributed by atoms with E-state index in [1.54, 1.807) is 17.0 Å². The van der Waals surface area contributed by atoms with Crippen LogP contribution in [-0.2, 0) is 11.3 Å². The Morgan fingerprint density at radius 2 is 1.91 bits per heavy atom. The van der Waals surface area contributed by atoms with Crippen LogP contribution in [0.1, 0.15) is 5.56 Å². The molecule has 2 rings (SSSR count). The molecule has 3 N–H and O–H groups in total. The second kappa shape index (κ2) is 7.98. The molecule has 0 atom stereocenters. The number of carboxylic acid groups (broad SMARTS) is 1. The maximum atomic E-state index is 12.5. The van der Waals surface area contributed by atoms with Crippen molar-refractivity contribution in [3.05, 3.63) is 34.9 Å². The first kappa shape index (κ1) is 16.5. The summed E-state index contributed by atoms with van der Waals surface area (Å²) in [5, 5.41) is 13.9. The van der Waals surface area contributed by atoms with Crippen LogP contribution in [0.25, 0.3) is 0 Å². The molecule has 1 aliphatic heterocycles. The van der Waals surface area contributed by atoms with Gasteiger partial charge in [-0.3, -0.25) is 9.80 Å². The molecular formula is C14H19ClN4O3. The number of carboxylic acids is 1. The zero-order chi connectivity index (χ0) is 15.9. The summed E-state index contributed by atoms with van der Waals surface area (Å²) >= 11 is 5.85. The molecule has 22 heavy (non-hydrogen) atoms. The van der Waals surface area contributed by atoms with E-state index in [0.29, 0.717) is 18.1 Å². The van der Waals surface area contributed by atoms with E-state index in [0.717, 1.165) is 18.7 Å². The Morgan fingerprint density at radius 1 is 1.27 bits per heavy atom. The fourth-order valence-corrected chi connectivity index (χ4v) is 2.28. The number of amides is 2. The van der Waals surface area contributed by atoms with Crippen molar-refractivity contribution in [1.29, 1.82) is 0 Å². The predicted molar refractivity (Wildman–Crippen MR) is 82.5 cm³/mol. The van der Waals surface area contributed by atoms with Crippen LogP contribution < -0.4 is 10.7 Å². The number of benzene rings is 1. The van der Waals surface area contributed by atoms with Gasteiger partial charge in [-0.1, -0.05) is 23.7 Å². The monoisotopic (exact) mass is 326 g/mol. The van der Waals surface area contributed by atoms with Crippen molar-refractivity contribution in [3.8, 4) is 0 Å². The summed E-state index contributed by atoms with van der Waals surface area (Å²) in [4.78, 5) is 25.0. The largest absolute Gasteiger partial charge is 0.480 e. The number of nitrogens with zero attached hydrogens (tertiary/aromatic N) is 2. The number of hydrazine groups is 1. The average Bonchev–Trinajstić information content (AvgIpc) is 2.53. The van der Waals surface area contributed by atoms with Crippen molar-refractivity contribution >= 4 is 23.6 Å². The highest BCUT2D eigenvalue weighted by Crippen LogP contribution is 2.12. The number of aliphatic carboxylic acids is 1. The third-order valence-corrected chi connectivity index (χ3v) is 3.55. The van der Waals surface area contributed by atoms with Gasteiger partial charge < -0.3 is 15.3 Å². The summed E-state index contributed by atoms with van der Waals surface area (Å²) in [6, 6.07) is 6.87. The smallest absolute Gasteiger partial charge is 0.334 e. The molecule has 1 fully saturated rings. The number of rotatable bonds is 5. The SMILES string of the molecule is O=C(O)CNN(Cc1ccc(Cl)cc1)C(=O)N1CCNCC1. The van der Waals surface area contributed by atoms with Crippen LogP contribution in [-0.4, -0.2) is 59.7 Å². The van der Waals surface area contributed by atoms with Gasteiger partial charge in [-0.05, 0) is 17.7 Å². The molecule has 0 aromatic heterocycles. The summed E-state index contributed by atoms with van der Waals surface area (Å²) in [5.74, 6) is -1.02. The Labute approximate surface area is 133 Å². The number of hydrogen-bond donors (Lipinski definition) is 3. The molecule has 120 valence electrons. The summed E-state index contributed by atoms with van der Waals surface area (Å²) < 4.78 is 0. The fourth-order valence-electron chi connectivity index (χ4n) is 2.15. The van der Waals surface area contributed by atoms with Crippen LogP contribution in [0.15, 0.2) is 24.3 Å². The minimum Gasteiger partial charge on any atom is -0.480 e. The number of halogens is 1. The predicted octanol–water partition coefficient (Wildman–Crippen LogP) is 0.756. The fraction of sp³-hybridized carbons (Fsp3) is 0.429. The molecule has 0 spiro atoms. The van der Waals surface area contributed by atoms with Crippen LogP contribution in [0.4, 0.5) is 4.79 Å². The number of carbonyl (C=O) groups is 2. The van der Waals surface area contributed by atoms with Crippen molar-refractivity contribution in [2.24, 2.45) is 0 Å². The van der Waals surface area contributed by atoms with E-state index in [1.807, 2.05) is 12.1 Å². The third-order valence-electron chi connectivity index (χ3n) is 3.29. The summed E-state index contributed by atoms with van der Waals surface area (Å²) in [7, 11) is 0. The van der Waals surface area contributed by atoms with Gasteiger partial charge in [0, 0.05) is 31.2 Å². The summed E-state index contributed by atoms with van der Waals surface area (Å²) in [5.41, 5.74) is 3.54. The average molecular weight is 327 g/mol. The van der Waals surface area contributed by atoms with E-state index in [2.05, 4.69) is 10.7 Å². The summed E-state index contributed by atoms with van der Waals surface area (Å²) in [6.45, 7) is 2.63. The van der Waals surface area contributed by atoms with Crippen LogP contribution >= 0.6 is 11.6 Å². The molecule has 1 aromatic carbocycles. The topological polar surface area (TPSA) is 84.9 Å². The van der Waals surface area contributed by atoms with Crippen molar-refractivity contribution in [2.75, 3.05) is 32.7 Å². The Kier molecular flexibility index (Phi) is 6.00. The van der Waals surface area contributed by atoms with Crippen LogP contribution in [0.3, 0.4) is 0 Å². The molecular weight excluding hydrogens is 308 g/mol. The van der Waals surface area contributed by atoms with Crippen molar-refractivity contribution < 1.29 is 14.7 Å². The third kappa shape index (κ3) is 4.87. The Balaban J connectivity index is 2.05. The zero-order valence-electron chi connectivity index (χ0n) is 12.1. The molecule has 0 unspecified atom stereocenters. The first-order valence-corrected chi connectivity index (χ1v) is 7.41. The number of nitrogens with one attached hydrogen (secondary N) is 2. The highest BCUT2D eigenvalue weighted by Gasteiger charge is 2.23. The minimum atomic E-state index is -1.02. The van der Waals surface area contributed by atoms with E-state index in [1.165, 1.54) is 5.01 Å². The molecule has 2 amide bonds. The van der Waals surface area contributed by atoms with Gasteiger partial charge in [-0.15, -0.1) is 0 Å². The van der Waals surface area contributed by atoms with E-state index in [-0.39, 0.29) is 19.1 Å². The van der Waals surface area contributed by atoms with Gasteiger partial charge in [-0.25, -0.2) is 10.2 Å². The Bertz CT molecular complexity index is 517. The number of urea groups is 1. The lowest BCUT2D eigenvalue weighted by molar-refractivity contribution is -0.136. The minimum absolute atomic E-state index is 0.224. The van der Waals surface area contributed by atoms with Gasteiger partial charge in [0.15, 0.2) is 0 Å². The molecule has 0 saturated carbocycles. The summed E-state index contributed by atoms with van der Waals surface area (Å²) in [6.07, 6.45) is 0. The molecule has 1 aromatic rings. The number of carbonyl (C=O) groups excluding carboxylic acids is 1. The first-order chi connectivity index (χ1) is 10.6. The van der Waals surface area contributed by atoms with Gasteiger partial charge in [0.25, 0.3) is 0 Å². The van der Waals surface area contributed by atoms with Gasteiger partial charge in [-0.2, -0.15) is 0 Å². The lowest BCUT2D eigenvalue weighted by Gasteiger charge is -2.33. The maximum Gasteiger partial charge on any atom is 0.334 e. The maximum absolute atomic E-state index is 12.5. The van der Waals surface area contributed by atoms with Crippen LogP contribution in [0, 0.1) is 0 Å². The van der Waals surface area contributed by atoms with E-state index < -0.39 is 5.97 Å². The standard InChI is InChI=1S/C14H19ClN4O3/c15-12-3-1-11(2-4-12)10-19(17-9-13(20)21)14(22)18-7-5-16-6-8-18/h1-4,16-17H,5-10H2,(H,20,21). The normalized spacial score (nSPS) is 14.7. The molecule has 7 nitrogen and oxygen atoms in total. The first-order valence-electron chi connectivity index (χ1n) is 7.03. The number of piperazine rings is 1. The van der Waals surface area contributed by atoms with Gasteiger partial charge in [0.2, 0.25) is 0 Å². The van der Waals surface area contributed by atoms with E-state index in [9.17, 15) is 9.59 Å². The molecule has 0 radical (unpaired) electrons. The van der Waals surface area contributed by atoms with Gasteiger partial charge in [0.1, 0.15) is 6.54 Å². The second-order valence-electron chi connectivity index (χ2n) is 4.96.